The molecule has 124 valence electrons. The maximum absolute atomic E-state index is 12.1. The first-order valence-electron chi connectivity index (χ1n) is 7.82. The van der Waals surface area contributed by atoms with Crippen LogP contribution in [0.25, 0.3) is 6.08 Å². The number of carbonyl (C=O) groups excluding carboxylic acids is 1. The maximum Gasteiger partial charge on any atom is 0.266 e. The van der Waals surface area contributed by atoms with Crippen LogP contribution in [-0.2, 0) is 24.7 Å². The third-order valence-electron chi connectivity index (χ3n) is 4.12. The molecule has 1 heterocycles. The van der Waals surface area contributed by atoms with E-state index in [9.17, 15) is 9.59 Å². The van der Waals surface area contributed by atoms with E-state index < -0.39 is 0 Å². The summed E-state index contributed by atoms with van der Waals surface area (Å²) in [5, 5.41) is 7.86. The largest absolute Gasteiger partial charge is 0.349 e. The lowest BCUT2D eigenvalue weighted by Crippen LogP contribution is -2.39. The molecule has 0 saturated carbocycles. The molecule has 1 amide bonds. The minimum Gasteiger partial charge on any atom is -0.349 e. The van der Waals surface area contributed by atoms with Gasteiger partial charge < -0.3 is 5.32 Å². The van der Waals surface area contributed by atoms with E-state index in [-0.39, 0.29) is 17.5 Å². The number of nitrogens with zero attached hydrogens (tertiary/aromatic N) is 2. The molecule has 1 aromatic carbocycles. The molecule has 0 saturated heterocycles. The average Bonchev–Trinajstić information content (AvgIpc) is 2.55. The van der Waals surface area contributed by atoms with Crippen LogP contribution in [0.3, 0.4) is 0 Å². The van der Waals surface area contributed by atoms with E-state index in [0.717, 1.165) is 29.7 Å². The van der Waals surface area contributed by atoms with Crippen molar-refractivity contribution in [2.75, 3.05) is 0 Å². The normalized spacial score (nSPS) is 16.8. The van der Waals surface area contributed by atoms with Crippen molar-refractivity contribution in [3.8, 4) is 0 Å². The van der Waals surface area contributed by atoms with Crippen LogP contribution in [0.15, 0.2) is 41.2 Å². The van der Waals surface area contributed by atoms with Gasteiger partial charge in [0.25, 0.3) is 5.56 Å². The van der Waals surface area contributed by atoms with Crippen molar-refractivity contribution in [3.05, 3.63) is 68.6 Å². The summed E-state index contributed by atoms with van der Waals surface area (Å²) in [5.41, 5.74) is 2.54. The fourth-order valence-corrected chi connectivity index (χ4v) is 3.03. The molecule has 6 heteroatoms. The molecular weight excluding hydrogens is 326 g/mol. The minimum atomic E-state index is -0.167. The van der Waals surface area contributed by atoms with Crippen LogP contribution in [0.4, 0.5) is 0 Å². The Kier molecular flexibility index (Phi) is 4.81. The van der Waals surface area contributed by atoms with Crippen LogP contribution < -0.4 is 10.9 Å². The van der Waals surface area contributed by atoms with Crippen molar-refractivity contribution in [1.29, 1.82) is 0 Å². The molecule has 3 rings (SSSR count). The smallest absolute Gasteiger partial charge is 0.266 e. The fraction of sp³-hybridized carbons (Fsp3) is 0.278. The summed E-state index contributed by atoms with van der Waals surface area (Å²) >= 11 is 6.06. The highest BCUT2D eigenvalue weighted by atomic mass is 35.5. The summed E-state index contributed by atoms with van der Waals surface area (Å²) in [6.07, 6.45) is 5.38. The van der Waals surface area contributed by atoms with Gasteiger partial charge in [0.2, 0.25) is 5.91 Å². The first-order valence-corrected chi connectivity index (χ1v) is 8.20. The SMILES string of the molecule is Cn1nc2c(cc1=O)C[C@H](NC(=O)/C=C/c1ccccc1Cl)CC2. The molecule has 1 aliphatic rings. The van der Waals surface area contributed by atoms with Crippen molar-refractivity contribution in [1.82, 2.24) is 15.1 Å². The molecule has 1 aliphatic carbocycles. The first kappa shape index (κ1) is 16.5. The molecule has 0 bridgehead atoms. The molecule has 1 aromatic heterocycles. The van der Waals surface area contributed by atoms with E-state index in [1.54, 1.807) is 25.3 Å². The minimum absolute atomic E-state index is 0.00908. The number of nitrogens with one attached hydrogen (secondary N) is 1. The Hall–Kier alpha value is -2.40. The zero-order valence-corrected chi connectivity index (χ0v) is 14.1. The number of benzene rings is 1. The zero-order chi connectivity index (χ0) is 17.1. The summed E-state index contributed by atoms with van der Waals surface area (Å²) in [6.45, 7) is 0. The van der Waals surface area contributed by atoms with E-state index in [1.807, 2.05) is 18.2 Å². The predicted molar refractivity (Wildman–Crippen MR) is 93.9 cm³/mol. The van der Waals surface area contributed by atoms with Crippen molar-refractivity contribution in [2.45, 2.75) is 25.3 Å². The Morgan fingerprint density at radius 3 is 3.00 bits per heavy atom. The highest BCUT2D eigenvalue weighted by molar-refractivity contribution is 6.32. The topological polar surface area (TPSA) is 64.0 Å². The summed E-state index contributed by atoms with van der Waals surface area (Å²) in [4.78, 5) is 23.8. The van der Waals surface area contributed by atoms with Gasteiger partial charge in [0.1, 0.15) is 0 Å². The molecular formula is C18H18ClN3O2. The molecule has 0 aliphatic heterocycles. The molecule has 0 radical (unpaired) electrons. The van der Waals surface area contributed by atoms with E-state index in [2.05, 4.69) is 10.4 Å². The van der Waals surface area contributed by atoms with Gasteiger partial charge in [-0.2, -0.15) is 5.10 Å². The fourth-order valence-electron chi connectivity index (χ4n) is 2.83. The van der Waals surface area contributed by atoms with E-state index in [1.165, 1.54) is 10.8 Å². The number of aromatic nitrogens is 2. The number of amides is 1. The second kappa shape index (κ2) is 7.01. The summed E-state index contributed by atoms with van der Waals surface area (Å²) in [5.74, 6) is -0.167. The van der Waals surface area contributed by atoms with Crippen LogP contribution in [-0.4, -0.2) is 21.7 Å². The van der Waals surface area contributed by atoms with Crippen LogP contribution >= 0.6 is 11.6 Å². The third-order valence-corrected chi connectivity index (χ3v) is 4.46. The number of aryl methyl sites for hydroxylation is 2. The molecule has 2 aromatic rings. The molecule has 5 nitrogen and oxygen atoms in total. The number of rotatable bonds is 3. The van der Waals surface area contributed by atoms with Crippen LogP contribution in [0, 0.1) is 0 Å². The van der Waals surface area contributed by atoms with Crippen molar-refractivity contribution in [2.24, 2.45) is 7.05 Å². The van der Waals surface area contributed by atoms with Crippen molar-refractivity contribution >= 4 is 23.6 Å². The van der Waals surface area contributed by atoms with Gasteiger partial charge in [0, 0.05) is 30.3 Å². The lowest BCUT2D eigenvalue weighted by atomic mass is 9.92. The number of hydrogen-bond donors (Lipinski definition) is 1. The third kappa shape index (κ3) is 3.74. The van der Waals surface area contributed by atoms with Crippen LogP contribution in [0.5, 0.6) is 0 Å². The van der Waals surface area contributed by atoms with E-state index >= 15 is 0 Å². The van der Waals surface area contributed by atoms with Gasteiger partial charge in [-0.15, -0.1) is 0 Å². The van der Waals surface area contributed by atoms with Crippen LogP contribution in [0.2, 0.25) is 5.02 Å². The standard InChI is InChI=1S/C18H18ClN3O2/c1-22-18(24)11-13-10-14(7-8-16(13)21-22)20-17(23)9-6-12-4-2-3-5-15(12)19/h2-6,9,11,14H,7-8,10H2,1H3,(H,20,23)/b9-6+/t14-/m1/s1. The number of halogens is 1. The van der Waals surface area contributed by atoms with Crippen molar-refractivity contribution < 1.29 is 4.79 Å². The summed E-state index contributed by atoms with van der Waals surface area (Å²) < 4.78 is 1.35. The van der Waals surface area contributed by atoms with Gasteiger partial charge in [-0.3, -0.25) is 9.59 Å². The van der Waals surface area contributed by atoms with Crippen LogP contribution in [0.1, 0.15) is 23.2 Å². The number of carbonyl (C=O) groups is 1. The highest BCUT2D eigenvalue weighted by Gasteiger charge is 2.21. The van der Waals surface area contributed by atoms with Gasteiger partial charge in [-0.1, -0.05) is 29.8 Å². The lowest BCUT2D eigenvalue weighted by molar-refractivity contribution is -0.117. The van der Waals surface area contributed by atoms with Gasteiger partial charge >= 0.3 is 0 Å². The maximum atomic E-state index is 12.1. The Morgan fingerprint density at radius 1 is 1.42 bits per heavy atom. The molecule has 0 spiro atoms. The average molecular weight is 344 g/mol. The molecule has 24 heavy (non-hydrogen) atoms. The van der Waals surface area contributed by atoms with Crippen molar-refractivity contribution in [3.63, 3.8) is 0 Å². The van der Waals surface area contributed by atoms with Gasteiger partial charge in [0.15, 0.2) is 0 Å². The molecule has 0 fully saturated rings. The Bertz CT molecular complexity index is 858. The monoisotopic (exact) mass is 343 g/mol. The van der Waals surface area contributed by atoms with Gasteiger partial charge in [-0.05, 0) is 42.5 Å². The predicted octanol–water partition coefficient (Wildman–Crippen LogP) is 2.12. The van der Waals surface area contributed by atoms with E-state index in [0.29, 0.717) is 11.4 Å². The van der Waals surface area contributed by atoms with Gasteiger partial charge in [-0.25, -0.2) is 4.68 Å². The zero-order valence-electron chi connectivity index (χ0n) is 13.3. The second-order valence-electron chi connectivity index (χ2n) is 5.88. The quantitative estimate of drug-likeness (QED) is 0.868. The Labute approximate surface area is 145 Å². The molecule has 0 unspecified atom stereocenters. The molecule has 1 N–H and O–H groups in total. The highest BCUT2D eigenvalue weighted by Crippen LogP contribution is 2.18. The van der Waals surface area contributed by atoms with Gasteiger partial charge in [0.05, 0.1) is 5.69 Å². The molecule has 1 atom stereocenters. The Morgan fingerprint density at radius 2 is 2.21 bits per heavy atom. The summed E-state index contributed by atoms with van der Waals surface area (Å²) in [7, 11) is 1.65. The lowest BCUT2D eigenvalue weighted by Gasteiger charge is -2.24. The number of hydrogen-bond acceptors (Lipinski definition) is 3. The second-order valence-corrected chi connectivity index (χ2v) is 6.29. The number of fused-ring (bicyclic) bond motifs is 1. The van der Waals surface area contributed by atoms with E-state index in [4.69, 9.17) is 11.6 Å². The Balaban J connectivity index is 1.64. The first-order chi connectivity index (χ1) is 11.5. The summed E-state index contributed by atoms with van der Waals surface area (Å²) in [6, 6.07) is 8.97.